The number of fused-ring (bicyclic) bond motifs is 1. The van der Waals surface area contributed by atoms with Gasteiger partial charge in [-0.1, -0.05) is 34.6 Å². The third-order valence-electron chi connectivity index (χ3n) is 5.83. The van der Waals surface area contributed by atoms with Crippen LogP contribution in [-0.4, -0.2) is 87.7 Å². The summed E-state index contributed by atoms with van der Waals surface area (Å²) in [4.78, 5) is 25.2. The molecule has 1 aromatic rings. The lowest BCUT2D eigenvalue weighted by molar-refractivity contribution is -0.132. The lowest BCUT2D eigenvalue weighted by Gasteiger charge is -2.33. The first-order valence-electron chi connectivity index (χ1n) is 12.5. The van der Waals surface area contributed by atoms with Crippen LogP contribution >= 0.6 is 0 Å². The van der Waals surface area contributed by atoms with Gasteiger partial charge < -0.3 is 30.5 Å². The number of benzene rings is 1. The van der Waals surface area contributed by atoms with E-state index in [1.165, 1.54) is 16.4 Å². The van der Waals surface area contributed by atoms with E-state index in [9.17, 15) is 23.1 Å². The third-order valence-corrected chi connectivity index (χ3v) is 7.66. The molecule has 12 heteroatoms. The maximum Gasteiger partial charge on any atom is 0.243 e. The molecule has 0 fully saturated rings. The Hall–Kier alpha value is -2.41. The molecular formula is C25H42N4O7S. The molecule has 2 rings (SSSR count). The van der Waals surface area contributed by atoms with Crippen LogP contribution < -0.4 is 25.4 Å². The van der Waals surface area contributed by atoms with Crippen LogP contribution in [0.2, 0.25) is 0 Å². The molecular weight excluding hydrogens is 500 g/mol. The summed E-state index contributed by atoms with van der Waals surface area (Å²) in [5.74, 6) is 0.0171. The van der Waals surface area contributed by atoms with Gasteiger partial charge in [0.25, 0.3) is 0 Å². The molecule has 0 aromatic heterocycles. The smallest absolute Gasteiger partial charge is 0.243 e. The number of sulfonamides is 1. The Morgan fingerprint density at radius 2 is 1.68 bits per heavy atom. The number of likely N-dealkylation sites (N-methyl/N-ethyl adjacent to an activating group) is 1. The van der Waals surface area contributed by atoms with Gasteiger partial charge >= 0.3 is 0 Å². The van der Waals surface area contributed by atoms with Gasteiger partial charge in [0.1, 0.15) is 19.3 Å². The van der Waals surface area contributed by atoms with Gasteiger partial charge in [0.05, 0.1) is 23.6 Å². The van der Waals surface area contributed by atoms with Crippen molar-refractivity contribution in [3.63, 3.8) is 0 Å². The van der Waals surface area contributed by atoms with Crippen molar-refractivity contribution in [3.8, 4) is 11.5 Å². The zero-order valence-electron chi connectivity index (χ0n) is 22.8. The van der Waals surface area contributed by atoms with Crippen molar-refractivity contribution < 1.29 is 32.6 Å². The topological polar surface area (TPSA) is 146 Å². The highest BCUT2D eigenvalue weighted by Gasteiger charge is 2.35. The summed E-state index contributed by atoms with van der Waals surface area (Å²) in [6, 6.07) is 2.80. The van der Waals surface area contributed by atoms with E-state index in [1.807, 2.05) is 34.6 Å². The quantitative estimate of drug-likeness (QED) is 0.302. The molecule has 0 bridgehead atoms. The zero-order valence-corrected chi connectivity index (χ0v) is 23.6. The van der Waals surface area contributed by atoms with E-state index in [0.717, 1.165) is 0 Å². The fraction of sp³-hybridized carbons (Fsp3) is 0.680. The molecule has 3 atom stereocenters. The van der Waals surface area contributed by atoms with E-state index < -0.39 is 39.5 Å². The van der Waals surface area contributed by atoms with E-state index in [-0.39, 0.29) is 36.4 Å². The number of amides is 2. The average molecular weight is 543 g/mol. The van der Waals surface area contributed by atoms with Crippen LogP contribution in [-0.2, 0) is 19.6 Å². The molecule has 210 valence electrons. The van der Waals surface area contributed by atoms with Crippen molar-refractivity contribution in [2.24, 2.45) is 11.3 Å². The Morgan fingerprint density at radius 3 is 2.24 bits per heavy atom. The Kier molecular flexibility index (Phi) is 10.7. The van der Waals surface area contributed by atoms with E-state index in [0.29, 0.717) is 24.7 Å². The van der Waals surface area contributed by atoms with Crippen LogP contribution in [0.25, 0.3) is 0 Å². The molecule has 0 spiro atoms. The highest BCUT2D eigenvalue weighted by Crippen LogP contribution is 2.33. The van der Waals surface area contributed by atoms with Gasteiger partial charge in [0, 0.05) is 19.2 Å². The minimum atomic E-state index is -3.99. The van der Waals surface area contributed by atoms with Crippen molar-refractivity contribution >= 4 is 21.8 Å². The maximum atomic E-state index is 13.5. The first-order chi connectivity index (χ1) is 17.2. The van der Waals surface area contributed by atoms with Crippen LogP contribution in [0.4, 0.5) is 0 Å². The molecule has 4 N–H and O–H groups in total. The summed E-state index contributed by atoms with van der Waals surface area (Å²) >= 11 is 0. The summed E-state index contributed by atoms with van der Waals surface area (Å²) in [5, 5.41) is 19.1. The monoisotopic (exact) mass is 542 g/mol. The summed E-state index contributed by atoms with van der Waals surface area (Å²) in [6.45, 7) is 11.5. The first kappa shape index (κ1) is 30.8. The second-order valence-corrected chi connectivity index (χ2v) is 12.7. The molecule has 1 aliphatic rings. The zero-order chi connectivity index (χ0) is 28.0. The number of hydrogen-bond donors (Lipinski definition) is 4. The fourth-order valence-corrected chi connectivity index (χ4v) is 5.47. The molecule has 0 aliphatic carbocycles. The number of aliphatic hydroxyl groups is 1. The van der Waals surface area contributed by atoms with Crippen LogP contribution in [0.5, 0.6) is 11.5 Å². The number of aliphatic hydroxyl groups excluding tert-OH is 1. The summed E-state index contributed by atoms with van der Waals surface area (Å²) in [6.07, 6.45) is -1.21. The Bertz CT molecular complexity index is 1040. The molecule has 1 aromatic carbocycles. The first-order valence-corrected chi connectivity index (χ1v) is 13.9. The van der Waals surface area contributed by atoms with Crippen molar-refractivity contribution in [1.29, 1.82) is 0 Å². The van der Waals surface area contributed by atoms with E-state index in [1.54, 1.807) is 20.0 Å². The Balaban J connectivity index is 2.18. The van der Waals surface area contributed by atoms with Crippen LogP contribution in [0.3, 0.4) is 0 Å². The van der Waals surface area contributed by atoms with Gasteiger partial charge in [-0.15, -0.1) is 0 Å². The minimum absolute atomic E-state index is 0.0169. The SMILES string of the molecule is CNCC(=O)N[C@H](C(=O)N[C@@H](C)[C@H](O)CN(CC(C)C)S(=O)(=O)c1ccc2c(c1)OCCO2)C(C)(C)C. The lowest BCUT2D eigenvalue weighted by atomic mass is 9.85. The maximum absolute atomic E-state index is 13.5. The number of nitrogens with one attached hydrogen (secondary N) is 3. The number of rotatable bonds is 12. The molecule has 0 unspecified atom stereocenters. The summed E-state index contributed by atoms with van der Waals surface area (Å²) < 4.78 is 39.3. The van der Waals surface area contributed by atoms with Crippen molar-refractivity contribution in [2.75, 3.05) is 39.9 Å². The second-order valence-electron chi connectivity index (χ2n) is 10.8. The van der Waals surface area contributed by atoms with Gasteiger partial charge in [0.15, 0.2) is 11.5 Å². The lowest BCUT2D eigenvalue weighted by Crippen LogP contribution is -2.58. The number of ether oxygens (including phenoxy) is 2. The van der Waals surface area contributed by atoms with Crippen molar-refractivity contribution in [2.45, 2.75) is 64.6 Å². The normalized spacial score (nSPS) is 16.3. The second kappa shape index (κ2) is 12.9. The molecule has 0 saturated carbocycles. The van der Waals surface area contributed by atoms with Crippen molar-refractivity contribution in [3.05, 3.63) is 18.2 Å². The Labute approximate surface area is 220 Å². The predicted octanol–water partition coefficient (Wildman–Crippen LogP) is 0.720. The van der Waals surface area contributed by atoms with Crippen LogP contribution in [0.1, 0.15) is 41.5 Å². The molecule has 1 aliphatic heterocycles. The minimum Gasteiger partial charge on any atom is -0.486 e. The van der Waals surface area contributed by atoms with E-state index >= 15 is 0 Å². The van der Waals surface area contributed by atoms with Gasteiger partial charge in [-0.25, -0.2) is 8.42 Å². The molecule has 0 saturated heterocycles. The number of nitrogens with zero attached hydrogens (tertiary/aromatic N) is 1. The number of carbonyl (C=O) groups excluding carboxylic acids is 2. The van der Waals surface area contributed by atoms with Gasteiger partial charge in [-0.3, -0.25) is 9.59 Å². The molecule has 37 heavy (non-hydrogen) atoms. The number of carbonyl (C=O) groups is 2. The molecule has 1 heterocycles. The van der Waals surface area contributed by atoms with E-state index in [2.05, 4.69) is 16.0 Å². The summed E-state index contributed by atoms with van der Waals surface area (Å²) in [5.41, 5.74) is -0.594. The van der Waals surface area contributed by atoms with Gasteiger partial charge in [0.2, 0.25) is 21.8 Å². The highest BCUT2D eigenvalue weighted by atomic mass is 32.2. The third kappa shape index (κ3) is 8.56. The van der Waals surface area contributed by atoms with Gasteiger partial charge in [-0.05, 0) is 37.4 Å². The summed E-state index contributed by atoms with van der Waals surface area (Å²) in [7, 11) is -2.36. The Morgan fingerprint density at radius 1 is 1.05 bits per heavy atom. The fourth-order valence-electron chi connectivity index (χ4n) is 3.83. The van der Waals surface area contributed by atoms with Crippen LogP contribution in [0, 0.1) is 11.3 Å². The van der Waals surface area contributed by atoms with Crippen molar-refractivity contribution in [1.82, 2.24) is 20.3 Å². The molecule has 11 nitrogen and oxygen atoms in total. The van der Waals surface area contributed by atoms with Crippen LogP contribution in [0.15, 0.2) is 23.1 Å². The largest absolute Gasteiger partial charge is 0.486 e. The molecule has 2 amide bonds. The average Bonchev–Trinajstić information content (AvgIpc) is 2.80. The predicted molar refractivity (Wildman–Crippen MR) is 140 cm³/mol. The van der Waals surface area contributed by atoms with Gasteiger partial charge in [-0.2, -0.15) is 4.31 Å². The standard InChI is InChI=1S/C25H42N4O7S/c1-16(2)14-29(37(33,34)18-8-9-20-21(12-18)36-11-10-35-20)15-19(30)17(3)27-24(32)23(25(4,5)6)28-22(31)13-26-7/h8-9,12,16-17,19,23,26,30H,10-11,13-15H2,1-7H3,(H,27,32)(H,28,31)/t17-,19+,23+/m0/s1. The van der Waals surface area contributed by atoms with E-state index in [4.69, 9.17) is 9.47 Å². The highest BCUT2D eigenvalue weighted by molar-refractivity contribution is 7.89. The number of hydrogen-bond acceptors (Lipinski definition) is 8. The molecule has 0 radical (unpaired) electrons.